The van der Waals surface area contributed by atoms with E-state index < -0.39 is 0 Å². The third-order valence-electron chi connectivity index (χ3n) is 4.40. The first-order valence-corrected chi connectivity index (χ1v) is 7.06. The fourth-order valence-electron chi connectivity index (χ4n) is 3.52. The van der Waals surface area contributed by atoms with E-state index in [9.17, 15) is 0 Å². The second kappa shape index (κ2) is 4.43. The molecule has 0 amide bonds. The fraction of sp³-hybridized carbons (Fsp3) is 0.538. The number of nitrogen functional groups attached to an aromatic ring is 1. The van der Waals surface area contributed by atoms with E-state index in [-0.39, 0.29) is 5.95 Å². The molecule has 0 aliphatic heterocycles. The second-order valence-corrected chi connectivity index (χ2v) is 5.69. The average molecular weight is 271 g/mol. The molecule has 2 aromatic heterocycles. The lowest BCUT2D eigenvalue weighted by molar-refractivity contribution is 0.438. The molecule has 2 bridgehead atoms. The molecule has 3 atom stereocenters. The zero-order chi connectivity index (χ0) is 13.5. The summed E-state index contributed by atoms with van der Waals surface area (Å²) in [6.07, 6.45) is 8.71. The van der Waals surface area contributed by atoms with E-state index in [0.717, 1.165) is 11.8 Å². The van der Waals surface area contributed by atoms with Gasteiger partial charge in [0.15, 0.2) is 0 Å². The van der Waals surface area contributed by atoms with Gasteiger partial charge >= 0.3 is 0 Å². The summed E-state index contributed by atoms with van der Waals surface area (Å²) in [6.45, 7) is 0. The van der Waals surface area contributed by atoms with Gasteiger partial charge in [-0.15, -0.1) is 0 Å². The van der Waals surface area contributed by atoms with Crippen molar-refractivity contribution in [3.8, 4) is 5.95 Å². The Morgan fingerprint density at radius 3 is 2.85 bits per heavy atom. The number of nitrogens with two attached hydrogens (primary N) is 1. The van der Waals surface area contributed by atoms with Crippen molar-refractivity contribution in [2.45, 2.75) is 31.7 Å². The highest BCUT2D eigenvalue weighted by Gasteiger charge is 2.39. The van der Waals surface area contributed by atoms with Crippen LogP contribution in [0.2, 0.25) is 0 Å². The van der Waals surface area contributed by atoms with Crippen LogP contribution in [0.15, 0.2) is 18.5 Å². The van der Waals surface area contributed by atoms with Crippen LogP contribution < -0.4 is 11.1 Å². The molecule has 104 valence electrons. The largest absolute Gasteiger partial charge is 0.368 e. The zero-order valence-electron chi connectivity index (χ0n) is 11.1. The molecule has 2 fully saturated rings. The minimum absolute atomic E-state index is 0.219. The molecule has 3 unspecified atom stereocenters. The topological polar surface area (TPSA) is 94.5 Å². The lowest BCUT2D eigenvalue weighted by Gasteiger charge is -2.22. The number of nitrogens with zero attached hydrogens (tertiary/aromatic N) is 5. The lowest BCUT2D eigenvalue weighted by atomic mass is 9.95. The Labute approximate surface area is 116 Å². The lowest BCUT2D eigenvalue weighted by Crippen LogP contribution is -2.27. The van der Waals surface area contributed by atoms with E-state index in [4.69, 9.17) is 5.73 Å². The molecular formula is C13H17N7. The maximum atomic E-state index is 5.77. The van der Waals surface area contributed by atoms with E-state index in [1.54, 1.807) is 17.1 Å². The number of fused-ring (bicyclic) bond motifs is 2. The third kappa shape index (κ3) is 1.99. The predicted octanol–water partition coefficient (Wildman–Crippen LogP) is 1.24. The van der Waals surface area contributed by atoms with Gasteiger partial charge < -0.3 is 11.1 Å². The minimum Gasteiger partial charge on any atom is -0.368 e. The van der Waals surface area contributed by atoms with Crippen molar-refractivity contribution in [3.63, 3.8) is 0 Å². The van der Waals surface area contributed by atoms with Crippen molar-refractivity contribution >= 4 is 11.9 Å². The Kier molecular flexibility index (Phi) is 2.58. The Balaban J connectivity index is 1.59. The van der Waals surface area contributed by atoms with Crippen LogP contribution in [0.5, 0.6) is 0 Å². The van der Waals surface area contributed by atoms with Crippen LogP contribution in [0.3, 0.4) is 0 Å². The van der Waals surface area contributed by atoms with Gasteiger partial charge in [-0.3, -0.25) is 0 Å². The summed E-state index contributed by atoms with van der Waals surface area (Å²) in [7, 11) is 0. The van der Waals surface area contributed by atoms with Crippen LogP contribution in [0, 0.1) is 11.8 Å². The summed E-state index contributed by atoms with van der Waals surface area (Å²) < 4.78 is 1.59. The third-order valence-corrected chi connectivity index (χ3v) is 4.40. The van der Waals surface area contributed by atoms with Crippen LogP contribution in [0.4, 0.5) is 11.9 Å². The molecule has 0 saturated heterocycles. The average Bonchev–Trinajstić information content (AvgIpc) is 3.16. The number of rotatable bonds is 3. The number of anilines is 2. The number of aromatic nitrogens is 5. The first kappa shape index (κ1) is 11.6. The highest BCUT2D eigenvalue weighted by Crippen LogP contribution is 2.45. The highest BCUT2D eigenvalue weighted by molar-refractivity contribution is 5.36. The Bertz CT molecular complexity index is 609. The molecule has 20 heavy (non-hydrogen) atoms. The molecule has 3 N–H and O–H groups in total. The van der Waals surface area contributed by atoms with Gasteiger partial charge in [0.1, 0.15) is 0 Å². The van der Waals surface area contributed by atoms with E-state index in [2.05, 4.69) is 25.4 Å². The van der Waals surface area contributed by atoms with Gasteiger partial charge in [-0.1, -0.05) is 6.42 Å². The van der Waals surface area contributed by atoms with Crippen molar-refractivity contribution in [1.29, 1.82) is 0 Å². The molecule has 2 heterocycles. The molecule has 4 rings (SSSR count). The Morgan fingerprint density at radius 2 is 2.15 bits per heavy atom. The van der Waals surface area contributed by atoms with Crippen LogP contribution in [-0.4, -0.2) is 30.8 Å². The highest BCUT2D eigenvalue weighted by atomic mass is 15.4. The molecule has 2 aromatic rings. The molecule has 7 heteroatoms. The standard InChI is InChI=1S/C13H17N7/c14-11-17-12(16-10-7-8-2-3-9(10)6-8)19-13(18-11)20-5-1-4-15-20/h1,4-5,8-10H,2-3,6-7H2,(H3,14,16,17,18,19). The van der Waals surface area contributed by atoms with Gasteiger partial charge in [0.2, 0.25) is 11.9 Å². The van der Waals surface area contributed by atoms with E-state index in [1.165, 1.54) is 25.7 Å². The van der Waals surface area contributed by atoms with E-state index in [0.29, 0.717) is 17.9 Å². The smallest absolute Gasteiger partial charge is 0.257 e. The van der Waals surface area contributed by atoms with E-state index >= 15 is 0 Å². The summed E-state index contributed by atoms with van der Waals surface area (Å²) in [6, 6.07) is 2.30. The number of hydrogen-bond acceptors (Lipinski definition) is 6. The fourth-order valence-corrected chi connectivity index (χ4v) is 3.52. The molecule has 7 nitrogen and oxygen atoms in total. The molecule has 2 aliphatic carbocycles. The number of nitrogens with one attached hydrogen (secondary N) is 1. The van der Waals surface area contributed by atoms with Crippen LogP contribution in [-0.2, 0) is 0 Å². The van der Waals surface area contributed by atoms with Gasteiger partial charge in [0.05, 0.1) is 0 Å². The van der Waals surface area contributed by atoms with Gasteiger partial charge in [-0.2, -0.15) is 20.1 Å². The maximum absolute atomic E-state index is 5.77. The summed E-state index contributed by atoms with van der Waals surface area (Å²) >= 11 is 0. The van der Waals surface area contributed by atoms with Crippen molar-refractivity contribution in [1.82, 2.24) is 24.7 Å². The molecule has 2 aliphatic rings. The van der Waals surface area contributed by atoms with Crippen molar-refractivity contribution in [2.24, 2.45) is 11.8 Å². The molecule has 2 saturated carbocycles. The summed E-state index contributed by atoms with van der Waals surface area (Å²) in [5.74, 6) is 2.86. The van der Waals surface area contributed by atoms with Gasteiger partial charge in [0.25, 0.3) is 5.95 Å². The molecular weight excluding hydrogens is 254 g/mol. The number of hydrogen-bond donors (Lipinski definition) is 2. The zero-order valence-corrected chi connectivity index (χ0v) is 11.1. The SMILES string of the molecule is Nc1nc(NC2CC3CCC2C3)nc(-n2cccn2)n1. The van der Waals surface area contributed by atoms with Crippen molar-refractivity contribution < 1.29 is 0 Å². The molecule has 0 radical (unpaired) electrons. The summed E-state index contributed by atoms with van der Waals surface area (Å²) in [4.78, 5) is 12.7. The van der Waals surface area contributed by atoms with E-state index in [1.807, 2.05) is 6.07 Å². The van der Waals surface area contributed by atoms with Gasteiger partial charge in [-0.25, -0.2) is 4.68 Å². The second-order valence-electron chi connectivity index (χ2n) is 5.69. The maximum Gasteiger partial charge on any atom is 0.257 e. The minimum atomic E-state index is 0.219. The van der Waals surface area contributed by atoms with Crippen molar-refractivity contribution in [3.05, 3.63) is 18.5 Å². The monoisotopic (exact) mass is 271 g/mol. The molecule has 0 aromatic carbocycles. The normalized spacial score (nSPS) is 27.9. The van der Waals surface area contributed by atoms with Crippen LogP contribution in [0.1, 0.15) is 25.7 Å². The summed E-state index contributed by atoms with van der Waals surface area (Å²) in [5, 5.41) is 7.55. The van der Waals surface area contributed by atoms with Gasteiger partial charge in [-0.05, 0) is 37.2 Å². The van der Waals surface area contributed by atoms with Crippen molar-refractivity contribution in [2.75, 3.05) is 11.1 Å². The Hall–Kier alpha value is -2.18. The van der Waals surface area contributed by atoms with Gasteiger partial charge in [0, 0.05) is 18.4 Å². The molecule has 0 spiro atoms. The quantitative estimate of drug-likeness (QED) is 0.872. The summed E-state index contributed by atoms with van der Waals surface area (Å²) in [5.41, 5.74) is 5.77. The van der Waals surface area contributed by atoms with Crippen LogP contribution in [0.25, 0.3) is 5.95 Å². The first-order valence-electron chi connectivity index (χ1n) is 7.06. The predicted molar refractivity (Wildman–Crippen MR) is 74.2 cm³/mol. The van der Waals surface area contributed by atoms with Crippen LogP contribution >= 0.6 is 0 Å². The Morgan fingerprint density at radius 1 is 1.20 bits per heavy atom. The first-order chi connectivity index (χ1) is 9.78.